The molecular weight excluding hydrogens is 570 g/mol. The van der Waals surface area contributed by atoms with E-state index in [1.54, 1.807) is 42.5 Å². The quantitative estimate of drug-likeness (QED) is 0.116. The molecule has 0 aliphatic rings. The molecule has 5 rings (SSSR count). The SMILES string of the molecule is Cc1ccc(Nc2nc(-c3ccc(C(=O)N/N=C/c4cc(Cl)ccc4OCC(=O)Nc4ccccc4)cc3)cs2)cc1. The Morgan fingerprint density at radius 1 is 0.952 bits per heavy atom. The Kier molecular flexibility index (Phi) is 9.23. The average molecular weight is 596 g/mol. The van der Waals surface area contributed by atoms with Crippen LogP contribution in [0.25, 0.3) is 11.3 Å². The summed E-state index contributed by atoms with van der Waals surface area (Å²) in [5.74, 6) is -0.304. The molecule has 42 heavy (non-hydrogen) atoms. The first-order valence-electron chi connectivity index (χ1n) is 12.9. The summed E-state index contributed by atoms with van der Waals surface area (Å²) in [6, 6.07) is 29.2. The number of thiazole rings is 1. The third-order valence-corrected chi connectivity index (χ3v) is 7.00. The monoisotopic (exact) mass is 595 g/mol. The van der Waals surface area contributed by atoms with Crippen LogP contribution in [-0.2, 0) is 4.79 Å². The molecule has 3 N–H and O–H groups in total. The van der Waals surface area contributed by atoms with Crippen LogP contribution in [0.3, 0.4) is 0 Å². The molecule has 0 aliphatic carbocycles. The minimum atomic E-state index is -0.385. The molecule has 2 amide bonds. The predicted molar refractivity (Wildman–Crippen MR) is 169 cm³/mol. The van der Waals surface area contributed by atoms with Crippen LogP contribution in [0.2, 0.25) is 5.02 Å². The Hall–Kier alpha value is -4.99. The number of aryl methyl sites for hydroxylation is 1. The van der Waals surface area contributed by atoms with Crippen molar-refractivity contribution in [1.29, 1.82) is 0 Å². The third kappa shape index (κ3) is 7.81. The standard InChI is InChI=1S/C32H26ClN5O3S/c1-21-7-14-27(15-8-21)36-32-37-28(20-42-32)22-9-11-23(12-10-22)31(40)38-34-18-24-17-25(33)13-16-29(24)41-19-30(39)35-26-5-3-2-4-6-26/h2-18,20H,19H2,1H3,(H,35,39)(H,36,37)(H,38,40)/b34-18+. The molecule has 10 heteroatoms. The van der Waals surface area contributed by atoms with Gasteiger partial charge in [-0.15, -0.1) is 11.3 Å². The van der Waals surface area contributed by atoms with E-state index in [0.29, 0.717) is 27.6 Å². The molecule has 4 aromatic carbocycles. The lowest BCUT2D eigenvalue weighted by Gasteiger charge is -2.10. The number of benzene rings is 4. The summed E-state index contributed by atoms with van der Waals surface area (Å²) >= 11 is 7.65. The van der Waals surface area contributed by atoms with Gasteiger partial charge in [-0.05, 0) is 61.5 Å². The molecule has 0 aliphatic heterocycles. The molecule has 0 spiro atoms. The third-order valence-electron chi connectivity index (χ3n) is 6.01. The van der Waals surface area contributed by atoms with Crippen molar-refractivity contribution in [2.45, 2.75) is 6.92 Å². The summed E-state index contributed by atoms with van der Waals surface area (Å²) in [5, 5.41) is 13.3. The molecule has 0 atom stereocenters. The normalized spacial score (nSPS) is 10.8. The zero-order valence-corrected chi connectivity index (χ0v) is 24.1. The maximum absolute atomic E-state index is 12.7. The van der Waals surface area contributed by atoms with E-state index in [2.05, 4.69) is 26.1 Å². The summed E-state index contributed by atoms with van der Waals surface area (Å²) < 4.78 is 5.68. The van der Waals surface area contributed by atoms with Crippen molar-refractivity contribution in [3.63, 3.8) is 0 Å². The molecule has 0 fully saturated rings. The van der Waals surface area contributed by atoms with Gasteiger partial charge in [-0.25, -0.2) is 10.4 Å². The van der Waals surface area contributed by atoms with E-state index in [4.69, 9.17) is 16.3 Å². The van der Waals surface area contributed by atoms with Crippen LogP contribution in [0.1, 0.15) is 21.5 Å². The number of rotatable bonds is 10. The fourth-order valence-electron chi connectivity index (χ4n) is 3.85. The van der Waals surface area contributed by atoms with Gasteiger partial charge in [0.05, 0.1) is 11.9 Å². The van der Waals surface area contributed by atoms with Crippen LogP contribution in [-0.4, -0.2) is 29.6 Å². The van der Waals surface area contributed by atoms with Gasteiger partial charge in [0.15, 0.2) is 11.7 Å². The Morgan fingerprint density at radius 2 is 1.71 bits per heavy atom. The first-order valence-corrected chi connectivity index (χ1v) is 14.2. The highest BCUT2D eigenvalue weighted by Gasteiger charge is 2.10. The summed E-state index contributed by atoms with van der Waals surface area (Å²) in [7, 11) is 0. The highest BCUT2D eigenvalue weighted by Crippen LogP contribution is 2.27. The van der Waals surface area contributed by atoms with Gasteiger partial charge in [0.1, 0.15) is 5.75 Å². The number of hydrogen-bond acceptors (Lipinski definition) is 7. The number of amides is 2. The molecule has 210 valence electrons. The number of hydrogen-bond donors (Lipinski definition) is 3. The number of ether oxygens (including phenoxy) is 1. The zero-order valence-electron chi connectivity index (χ0n) is 22.5. The van der Waals surface area contributed by atoms with E-state index in [-0.39, 0.29) is 18.4 Å². The van der Waals surface area contributed by atoms with E-state index in [0.717, 1.165) is 22.1 Å². The van der Waals surface area contributed by atoms with Crippen molar-refractivity contribution >= 4 is 57.5 Å². The maximum Gasteiger partial charge on any atom is 0.271 e. The maximum atomic E-state index is 12.7. The molecule has 8 nitrogen and oxygen atoms in total. The number of nitrogens with zero attached hydrogens (tertiary/aromatic N) is 2. The number of carbonyl (C=O) groups is 2. The van der Waals surface area contributed by atoms with Gasteiger partial charge in [-0.2, -0.15) is 5.10 Å². The van der Waals surface area contributed by atoms with E-state index in [1.807, 2.05) is 66.9 Å². The first kappa shape index (κ1) is 28.5. The summed E-state index contributed by atoms with van der Waals surface area (Å²) in [5.41, 5.74) is 7.99. The number of halogens is 1. The summed E-state index contributed by atoms with van der Waals surface area (Å²) in [6.07, 6.45) is 1.42. The van der Waals surface area contributed by atoms with Crippen LogP contribution >= 0.6 is 22.9 Å². The van der Waals surface area contributed by atoms with Crippen molar-refractivity contribution < 1.29 is 14.3 Å². The Bertz CT molecular complexity index is 1700. The van der Waals surface area contributed by atoms with Crippen LogP contribution in [0.4, 0.5) is 16.5 Å². The molecular formula is C32H26ClN5O3S. The fraction of sp³-hybridized carbons (Fsp3) is 0.0625. The molecule has 5 aromatic rings. The van der Waals surface area contributed by atoms with Crippen LogP contribution in [0.15, 0.2) is 108 Å². The molecule has 0 bridgehead atoms. The first-order chi connectivity index (χ1) is 20.4. The lowest BCUT2D eigenvalue weighted by molar-refractivity contribution is -0.118. The van der Waals surface area contributed by atoms with Gasteiger partial charge in [0.2, 0.25) is 0 Å². The van der Waals surface area contributed by atoms with E-state index < -0.39 is 0 Å². The van der Waals surface area contributed by atoms with Crippen LogP contribution in [0.5, 0.6) is 5.75 Å². The lowest BCUT2D eigenvalue weighted by atomic mass is 10.1. The van der Waals surface area contributed by atoms with Crippen LogP contribution in [0, 0.1) is 6.92 Å². The van der Waals surface area contributed by atoms with Crippen molar-refractivity contribution in [2.24, 2.45) is 5.10 Å². The lowest BCUT2D eigenvalue weighted by Crippen LogP contribution is -2.20. The van der Waals surface area contributed by atoms with Gasteiger partial charge in [-0.3, -0.25) is 9.59 Å². The van der Waals surface area contributed by atoms with Crippen molar-refractivity contribution in [3.05, 3.63) is 124 Å². The topological polar surface area (TPSA) is 105 Å². The predicted octanol–water partition coefficient (Wildman–Crippen LogP) is 7.30. The van der Waals surface area contributed by atoms with Gasteiger partial charge >= 0.3 is 0 Å². The van der Waals surface area contributed by atoms with Gasteiger partial charge in [0.25, 0.3) is 11.8 Å². The van der Waals surface area contributed by atoms with Crippen LogP contribution < -0.4 is 20.8 Å². The Labute approximate surface area is 252 Å². The second-order valence-electron chi connectivity index (χ2n) is 9.19. The molecule has 0 saturated heterocycles. The highest BCUT2D eigenvalue weighted by molar-refractivity contribution is 7.14. The number of aromatic nitrogens is 1. The fourth-order valence-corrected chi connectivity index (χ4v) is 4.78. The van der Waals surface area contributed by atoms with Gasteiger partial charge in [-0.1, -0.05) is 59.6 Å². The highest BCUT2D eigenvalue weighted by atomic mass is 35.5. The van der Waals surface area contributed by atoms with Gasteiger partial charge in [0, 0.05) is 38.5 Å². The molecule has 0 radical (unpaired) electrons. The van der Waals surface area contributed by atoms with E-state index in [9.17, 15) is 9.59 Å². The molecule has 0 unspecified atom stereocenters. The van der Waals surface area contributed by atoms with Crippen molar-refractivity contribution in [1.82, 2.24) is 10.4 Å². The Balaban J connectivity index is 1.17. The minimum absolute atomic E-state index is 0.210. The minimum Gasteiger partial charge on any atom is -0.483 e. The van der Waals surface area contributed by atoms with E-state index >= 15 is 0 Å². The Morgan fingerprint density at radius 3 is 2.48 bits per heavy atom. The summed E-state index contributed by atoms with van der Waals surface area (Å²) in [4.78, 5) is 29.6. The average Bonchev–Trinajstić information content (AvgIpc) is 3.47. The second kappa shape index (κ2) is 13.6. The zero-order chi connectivity index (χ0) is 29.3. The smallest absolute Gasteiger partial charge is 0.271 e. The largest absolute Gasteiger partial charge is 0.483 e. The number of anilines is 3. The molecule has 0 saturated carbocycles. The van der Waals surface area contributed by atoms with E-state index in [1.165, 1.54) is 23.1 Å². The number of carbonyl (C=O) groups excluding carboxylic acids is 2. The molecule has 1 heterocycles. The number of nitrogens with one attached hydrogen (secondary N) is 3. The number of para-hydroxylation sites is 1. The number of hydrazone groups is 1. The van der Waals surface area contributed by atoms with Crippen molar-refractivity contribution in [2.75, 3.05) is 17.2 Å². The molecule has 1 aromatic heterocycles. The second-order valence-corrected chi connectivity index (χ2v) is 10.5. The van der Waals surface area contributed by atoms with Gasteiger partial charge < -0.3 is 15.4 Å². The van der Waals surface area contributed by atoms with Crippen molar-refractivity contribution in [3.8, 4) is 17.0 Å². The summed E-state index contributed by atoms with van der Waals surface area (Å²) in [6.45, 7) is 1.84.